The van der Waals surface area contributed by atoms with Crippen LogP contribution in [0.15, 0.2) is 24.3 Å². The van der Waals surface area contributed by atoms with Gasteiger partial charge in [0.25, 0.3) is 0 Å². The van der Waals surface area contributed by atoms with Gasteiger partial charge in [0.05, 0.1) is 12.7 Å². The lowest BCUT2D eigenvalue weighted by atomic mass is 9.73. The van der Waals surface area contributed by atoms with E-state index in [0.717, 1.165) is 17.5 Å². The van der Waals surface area contributed by atoms with Crippen molar-refractivity contribution in [3.63, 3.8) is 0 Å². The van der Waals surface area contributed by atoms with E-state index in [-0.39, 0.29) is 5.97 Å². The van der Waals surface area contributed by atoms with Gasteiger partial charge < -0.3 is 10.1 Å². The van der Waals surface area contributed by atoms with Crippen LogP contribution in [-0.2, 0) is 4.74 Å². The average Bonchev–Trinajstić information content (AvgIpc) is 2.32. The molecule has 0 radical (unpaired) electrons. The fourth-order valence-corrected chi connectivity index (χ4v) is 2.38. The van der Waals surface area contributed by atoms with Gasteiger partial charge in [0, 0.05) is 11.7 Å². The van der Waals surface area contributed by atoms with E-state index in [4.69, 9.17) is 0 Å². The van der Waals surface area contributed by atoms with E-state index in [1.165, 1.54) is 20.0 Å². The predicted molar refractivity (Wildman–Crippen MR) is 72.8 cm³/mol. The largest absolute Gasteiger partial charge is 0.465 e. The Morgan fingerprint density at radius 3 is 2.39 bits per heavy atom. The lowest BCUT2D eigenvalue weighted by Gasteiger charge is -2.39. The molecule has 1 aliphatic carbocycles. The number of carbonyl (C=O) groups is 1. The second-order valence-corrected chi connectivity index (χ2v) is 5.39. The Bertz CT molecular complexity index is 405. The minimum absolute atomic E-state index is 0.287. The second-order valence-electron chi connectivity index (χ2n) is 5.39. The molecule has 0 heterocycles. The summed E-state index contributed by atoms with van der Waals surface area (Å²) in [6.45, 7) is 4.57. The number of esters is 1. The fraction of sp³-hybridized carbons (Fsp3) is 0.533. The quantitative estimate of drug-likeness (QED) is 0.829. The molecule has 1 aromatic rings. The van der Waals surface area contributed by atoms with Gasteiger partial charge in [-0.1, -0.05) is 13.8 Å². The van der Waals surface area contributed by atoms with Crippen molar-refractivity contribution < 1.29 is 9.53 Å². The Kier molecular flexibility index (Phi) is 3.90. The molecule has 2 rings (SSSR count). The molecular weight excluding hydrogens is 226 g/mol. The molecule has 1 aromatic carbocycles. The van der Waals surface area contributed by atoms with Gasteiger partial charge in [0.15, 0.2) is 0 Å². The summed E-state index contributed by atoms with van der Waals surface area (Å²) in [5.41, 5.74) is 1.67. The zero-order valence-corrected chi connectivity index (χ0v) is 11.3. The summed E-state index contributed by atoms with van der Waals surface area (Å²) in [6.07, 6.45) is 2.49. The second kappa shape index (κ2) is 5.42. The highest BCUT2D eigenvalue weighted by Gasteiger charge is 2.30. The SMILES string of the molecule is COC(=O)c1ccc(NC2CC(C(C)C)C2)cc1. The average molecular weight is 247 g/mol. The van der Waals surface area contributed by atoms with Crippen LogP contribution >= 0.6 is 0 Å². The monoisotopic (exact) mass is 247 g/mol. The molecule has 3 nitrogen and oxygen atoms in total. The maximum Gasteiger partial charge on any atom is 0.337 e. The Balaban J connectivity index is 1.86. The number of anilines is 1. The molecule has 0 aliphatic heterocycles. The van der Waals surface area contributed by atoms with E-state index in [1.807, 2.05) is 12.1 Å². The van der Waals surface area contributed by atoms with E-state index in [0.29, 0.717) is 11.6 Å². The lowest BCUT2D eigenvalue weighted by molar-refractivity contribution is 0.0601. The van der Waals surface area contributed by atoms with Crippen molar-refractivity contribution in [3.05, 3.63) is 29.8 Å². The lowest BCUT2D eigenvalue weighted by Crippen LogP contribution is -2.37. The van der Waals surface area contributed by atoms with Crippen LogP contribution in [0.25, 0.3) is 0 Å². The van der Waals surface area contributed by atoms with Crippen molar-refractivity contribution in [1.29, 1.82) is 0 Å². The van der Waals surface area contributed by atoms with Crippen molar-refractivity contribution in [2.24, 2.45) is 11.8 Å². The Labute approximate surface area is 109 Å². The first-order valence-electron chi connectivity index (χ1n) is 6.55. The molecule has 0 spiro atoms. The Hall–Kier alpha value is -1.51. The van der Waals surface area contributed by atoms with Gasteiger partial charge in [-0.15, -0.1) is 0 Å². The van der Waals surface area contributed by atoms with Gasteiger partial charge in [-0.05, 0) is 48.9 Å². The van der Waals surface area contributed by atoms with Crippen molar-refractivity contribution >= 4 is 11.7 Å². The van der Waals surface area contributed by atoms with Crippen LogP contribution in [0.3, 0.4) is 0 Å². The summed E-state index contributed by atoms with van der Waals surface area (Å²) in [4.78, 5) is 11.3. The van der Waals surface area contributed by atoms with E-state index in [2.05, 4.69) is 23.9 Å². The number of methoxy groups -OCH3 is 1. The zero-order valence-electron chi connectivity index (χ0n) is 11.3. The number of hydrogen-bond donors (Lipinski definition) is 1. The van der Waals surface area contributed by atoms with Gasteiger partial charge >= 0.3 is 5.97 Å². The van der Waals surface area contributed by atoms with Crippen molar-refractivity contribution in [2.45, 2.75) is 32.7 Å². The third-order valence-corrected chi connectivity index (χ3v) is 3.79. The highest BCUT2D eigenvalue weighted by atomic mass is 16.5. The first-order chi connectivity index (χ1) is 8.60. The topological polar surface area (TPSA) is 38.3 Å². The number of nitrogens with one attached hydrogen (secondary N) is 1. The van der Waals surface area contributed by atoms with Crippen LogP contribution in [0, 0.1) is 11.8 Å². The minimum Gasteiger partial charge on any atom is -0.465 e. The van der Waals surface area contributed by atoms with Gasteiger partial charge in [-0.3, -0.25) is 0 Å². The summed E-state index contributed by atoms with van der Waals surface area (Å²) in [5, 5.41) is 3.50. The first kappa shape index (κ1) is 12.9. The molecule has 0 aromatic heterocycles. The molecular formula is C15H21NO2. The van der Waals surface area contributed by atoms with E-state index in [1.54, 1.807) is 12.1 Å². The number of benzene rings is 1. The van der Waals surface area contributed by atoms with Crippen molar-refractivity contribution in [3.8, 4) is 0 Å². The van der Waals surface area contributed by atoms with Crippen LogP contribution in [0.5, 0.6) is 0 Å². The smallest absolute Gasteiger partial charge is 0.337 e. The van der Waals surface area contributed by atoms with E-state index in [9.17, 15) is 4.79 Å². The van der Waals surface area contributed by atoms with Gasteiger partial charge in [0.2, 0.25) is 0 Å². The van der Waals surface area contributed by atoms with Crippen LogP contribution in [0.2, 0.25) is 0 Å². The molecule has 0 saturated heterocycles. The molecule has 0 unspecified atom stereocenters. The molecule has 98 valence electrons. The highest BCUT2D eigenvalue weighted by Crippen LogP contribution is 2.35. The van der Waals surface area contributed by atoms with Gasteiger partial charge in [-0.25, -0.2) is 4.79 Å². The third kappa shape index (κ3) is 2.84. The molecule has 1 N–H and O–H groups in total. The maximum absolute atomic E-state index is 11.3. The highest BCUT2D eigenvalue weighted by molar-refractivity contribution is 5.89. The normalized spacial score (nSPS) is 22.4. The van der Waals surface area contributed by atoms with Gasteiger partial charge in [-0.2, -0.15) is 0 Å². The summed E-state index contributed by atoms with van der Waals surface area (Å²) in [6, 6.07) is 8.06. The van der Waals surface area contributed by atoms with Crippen molar-refractivity contribution in [2.75, 3.05) is 12.4 Å². The molecule has 0 atom stereocenters. The molecule has 1 aliphatic rings. The van der Waals surface area contributed by atoms with Crippen LogP contribution < -0.4 is 5.32 Å². The zero-order chi connectivity index (χ0) is 13.1. The minimum atomic E-state index is -0.287. The molecule has 1 saturated carbocycles. The third-order valence-electron chi connectivity index (χ3n) is 3.79. The molecule has 0 amide bonds. The first-order valence-corrected chi connectivity index (χ1v) is 6.55. The number of carbonyl (C=O) groups excluding carboxylic acids is 1. The Morgan fingerprint density at radius 2 is 1.89 bits per heavy atom. The van der Waals surface area contributed by atoms with Gasteiger partial charge in [0.1, 0.15) is 0 Å². The van der Waals surface area contributed by atoms with E-state index >= 15 is 0 Å². The molecule has 0 bridgehead atoms. The fourth-order valence-electron chi connectivity index (χ4n) is 2.38. The van der Waals surface area contributed by atoms with Crippen LogP contribution in [0.4, 0.5) is 5.69 Å². The number of ether oxygens (including phenoxy) is 1. The molecule has 18 heavy (non-hydrogen) atoms. The predicted octanol–water partition coefficient (Wildman–Crippen LogP) is 3.32. The summed E-state index contributed by atoms with van der Waals surface area (Å²) in [5.74, 6) is 1.35. The van der Waals surface area contributed by atoms with Crippen LogP contribution in [-0.4, -0.2) is 19.1 Å². The van der Waals surface area contributed by atoms with Crippen molar-refractivity contribution in [1.82, 2.24) is 0 Å². The molecule has 3 heteroatoms. The van der Waals surface area contributed by atoms with Crippen LogP contribution in [0.1, 0.15) is 37.0 Å². The van der Waals surface area contributed by atoms with E-state index < -0.39 is 0 Å². The number of rotatable bonds is 4. The molecule has 1 fully saturated rings. The summed E-state index contributed by atoms with van der Waals surface area (Å²) >= 11 is 0. The number of hydrogen-bond acceptors (Lipinski definition) is 3. The Morgan fingerprint density at radius 1 is 1.28 bits per heavy atom. The standard InChI is InChI=1S/C15H21NO2/c1-10(2)12-8-14(9-12)16-13-6-4-11(5-7-13)15(17)18-3/h4-7,10,12,14,16H,8-9H2,1-3H3. The summed E-state index contributed by atoms with van der Waals surface area (Å²) < 4.78 is 4.67. The summed E-state index contributed by atoms with van der Waals surface area (Å²) in [7, 11) is 1.40. The maximum atomic E-state index is 11.3.